The molecule has 6 aromatic heterocycles. The summed E-state index contributed by atoms with van der Waals surface area (Å²) in [6.07, 6.45) is 19.6. The van der Waals surface area contributed by atoms with Crippen LogP contribution in [0.5, 0.6) is 11.8 Å². The molecular formula is C52H68BrIN12O6. The minimum atomic E-state index is -0.495. The van der Waals surface area contributed by atoms with Gasteiger partial charge in [-0.3, -0.25) is 9.59 Å². The van der Waals surface area contributed by atoms with E-state index in [1.165, 1.54) is 12.8 Å². The number of aromatic nitrogens is 8. The highest BCUT2D eigenvalue weighted by Gasteiger charge is 2.24. The van der Waals surface area contributed by atoms with Crippen molar-refractivity contribution < 1.29 is 28.5 Å². The van der Waals surface area contributed by atoms with Crippen molar-refractivity contribution in [2.24, 2.45) is 11.8 Å². The van der Waals surface area contributed by atoms with Crippen molar-refractivity contribution in [2.75, 3.05) is 53.9 Å². The highest BCUT2D eigenvalue weighted by molar-refractivity contribution is 14.1. The molecule has 4 N–H and O–H groups in total. The molecule has 2 saturated carbocycles. The number of carbonyl (C=O) groups is 2. The van der Waals surface area contributed by atoms with E-state index in [1.807, 2.05) is 84.3 Å². The van der Waals surface area contributed by atoms with Crippen LogP contribution in [0.2, 0.25) is 0 Å². The molecule has 2 fully saturated rings. The zero-order valence-electron chi connectivity index (χ0n) is 42.5. The predicted molar refractivity (Wildman–Crippen MR) is 294 cm³/mol. The van der Waals surface area contributed by atoms with E-state index in [2.05, 4.69) is 95.8 Å². The van der Waals surface area contributed by atoms with Crippen molar-refractivity contribution in [3.63, 3.8) is 0 Å². The number of alkyl halides is 1. The summed E-state index contributed by atoms with van der Waals surface area (Å²) in [4.78, 5) is 57.8. The minimum absolute atomic E-state index is 0.171. The summed E-state index contributed by atoms with van der Waals surface area (Å²) in [5.74, 6) is 4.85. The molecule has 18 nitrogen and oxygen atoms in total. The SMILES string of the molecule is CC(C)(C)OC(=O)CBr.COc1nccc2ccc(NC3CCC(CNc4ncc(CC(=O)OC(C)(C)C)cn4)CC3)nc12.COc1nccc2ccc(NC3CCC(CNc4ncc(I)cn4)CC3)nc12. The Morgan fingerprint density at radius 2 is 1.01 bits per heavy atom. The van der Waals surface area contributed by atoms with Crippen LogP contribution in [0.3, 0.4) is 0 Å². The van der Waals surface area contributed by atoms with Gasteiger partial charge in [0.05, 0.1) is 20.6 Å². The average Bonchev–Trinajstić information content (AvgIpc) is 3.35. The number of hydrogen-bond donors (Lipinski definition) is 4. The van der Waals surface area contributed by atoms with E-state index >= 15 is 0 Å². The zero-order chi connectivity index (χ0) is 51.7. The third-order valence-electron chi connectivity index (χ3n) is 11.7. The summed E-state index contributed by atoms with van der Waals surface area (Å²) in [6.45, 7) is 12.8. The van der Waals surface area contributed by atoms with Gasteiger partial charge in [0.1, 0.15) is 39.2 Å². The molecule has 2 aliphatic carbocycles. The first-order valence-corrected chi connectivity index (χ1v) is 26.5. The predicted octanol–water partition coefficient (Wildman–Crippen LogP) is 10.2. The molecular weight excluding hydrogens is 1100 g/mol. The molecule has 0 bridgehead atoms. The Hall–Kier alpha value is -5.77. The van der Waals surface area contributed by atoms with Crippen LogP contribution in [-0.2, 0) is 25.5 Å². The summed E-state index contributed by atoms with van der Waals surface area (Å²) < 4.78 is 22.0. The van der Waals surface area contributed by atoms with Crippen molar-refractivity contribution in [3.8, 4) is 11.8 Å². The largest absolute Gasteiger partial charge is 0.479 e. The summed E-state index contributed by atoms with van der Waals surface area (Å²) in [7, 11) is 3.24. The normalized spacial score (nSPS) is 17.8. The fraction of sp³-hybridized carbons (Fsp3) is 0.500. The van der Waals surface area contributed by atoms with E-state index in [0.717, 1.165) is 94.2 Å². The van der Waals surface area contributed by atoms with Gasteiger partial charge in [-0.05, 0) is 164 Å². The molecule has 0 radical (unpaired) electrons. The third-order valence-corrected chi connectivity index (χ3v) is 12.7. The number of methoxy groups -OCH3 is 2. The second-order valence-electron chi connectivity index (χ2n) is 19.8. The minimum Gasteiger partial charge on any atom is -0.479 e. The molecule has 0 unspecified atom stereocenters. The molecule has 0 aliphatic heterocycles. The van der Waals surface area contributed by atoms with Gasteiger partial charge in [0.25, 0.3) is 0 Å². The molecule has 6 aromatic rings. The van der Waals surface area contributed by atoms with Crippen LogP contribution in [0.1, 0.15) is 98.5 Å². The van der Waals surface area contributed by atoms with Gasteiger partial charge in [0.15, 0.2) is 0 Å². The quantitative estimate of drug-likeness (QED) is 0.0426. The van der Waals surface area contributed by atoms with Crippen LogP contribution < -0.4 is 30.7 Å². The first-order chi connectivity index (χ1) is 34.4. The van der Waals surface area contributed by atoms with Crippen molar-refractivity contribution >= 4 is 95.8 Å². The Labute approximate surface area is 444 Å². The standard InChI is InChI=1S/C26H34N6O3.C20H23IN6O.C6H11BrO2/c1-26(2,3)35-22(33)13-18-15-29-25(30-16-18)28-14-17-5-8-20(9-6-17)31-21-10-7-19-11-12-27-24(34-4)23(19)32-21;1-28-19-18-14(8-9-22-19)4-7-17(27-18)26-16-5-2-13(3-6-16)10-23-20-24-11-15(21)12-25-20;1-6(2,3)9-5(8)4-7/h7,10-12,15-17,20H,5-6,8-9,13-14H2,1-4H3,(H,31,32)(H,28,29,30);4,7-9,11-13,16H,2-3,5-6,10H2,1H3,(H,26,27)(H,23,24,25);4H2,1-3H3. The molecule has 72 heavy (non-hydrogen) atoms. The van der Waals surface area contributed by atoms with Crippen molar-refractivity contribution in [1.82, 2.24) is 39.9 Å². The molecule has 8 rings (SSSR count). The number of nitrogens with zero attached hydrogens (tertiary/aromatic N) is 8. The first-order valence-electron chi connectivity index (χ1n) is 24.3. The maximum Gasteiger partial charge on any atom is 0.317 e. The van der Waals surface area contributed by atoms with E-state index in [4.69, 9.17) is 28.9 Å². The van der Waals surface area contributed by atoms with E-state index in [1.54, 1.807) is 39.0 Å². The van der Waals surface area contributed by atoms with Crippen LogP contribution in [0.4, 0.5) is 23.5 Å². The summed E-state index contributed by atoms with van der Waals surface area (Å²) in [5.41, 5.74) is 1.46. The fourth-order valence-electron chi connectivity index (χ4n) is 8.27. The lowest BCUT2D eigenvalue weighted by Gasteiger charge is -2.29. The second kappa shape index (κ2) is 26.8. The number of hydrogen-bond acceptors (Lipinski definition) is 18. The summed E-state index contributed by atoms with van der Waals surface area (Å²) >= 11 is 5.21. The van der Waals surface area contributed by atoms with Crippen LogP contribution >= 0.6 is 38.5 Å². The highest BCUT2D eigenvalue weighted by atomic mass is 127. The number of rotatable bonds is 15. The lowest BCUT2D eigenvalue weighted by molar-refractivity contribution is -0.154. The zero-order valence-corrected chi connectivity index (χ0v) is 46.2. The number of fused-ring (bicyclic) bond motifs is 2. The second-order valence-corrected chi connectivity index (χ2v) is 21.6. The van der Waals surface area contributed by atoms with Gasteiger partial charge in [-0.2, -0.15) is 0 Å². The Kier molecular flexibility index (Phi) is 20.7. The molecule has 0 amide bonds. The van der Waals surface area contributed by atoms with Gasteiger partial charge in [-0.1, -0.05) is 15.9 Å². The molecule has 0 spiro atoms. The van der Waals surface area contributed by atoms with Gasteiger partial charge in [-0.15, -0.1) is 0 Å². The Balaban J connectivity index is 0.000000204. The van der Waals surface area contributed by atoms with Gasteiger partial charge >= 0.3 is 11.9 Å². The number of nitrogens with one attached hydrogen (secondary N) is 4. The van der Waals surface area contributed by atoms with Gasteiger partial charge in [0, 0.05) is 82.3 Å². The number of ether oxygens (including phenoxy) is 4. The lowest BCUT2D eigenvalue weighted by atomic mass is 9.86. The molecule has 2 aliphatic rings. The average molecular weight is 1160 g/mol. The van der Waals surface area contributed by atoms with Gasteiger partial charge in [0.2, 0.25) is 23.7 Å². The summed E-state index contributed by atoms with van der Waals surface area (Å²) in [5, 5.41) is 16.2. The molecule has 0 atom stereocenters. The molecule has 386 valence electrons. The molecule has 6 heterocycles. The smallest absolute Gasteiger partial charge is 0.317 e. The number of pyridine rings is 4. The van der Waals surface area contributed by atoms with Gasteiger partial charge < -0.3 is 40.2 Å². The van der Waals surface area contributed by atoms with Crippen molar-refractivity contribution in [1.29, 1.82) is 0 Å². The first kappa shape index (κ1) is 55.5. The van der Waals surface area contributed by atoms with E-state index in [9.17, 15) is 9.59 Å². The maximum absolute atomic E-state index is 12.0. The van der Waals surface area contributed by atoms with Crippen LogP contribution in [0, 0.1) is 15.4 Å². The maximum atomic E-state index is 12.0. The van der Waals surface area contributed by atoms with E-state index in [-0.39, 0.29) is 29.3 Å². The van der Waals surface area contributed by atoms with Crippen LogP contribution in [0.15, 0.2) is 73.6 Å². The molecule has 20 heteroatoms. The number of carbonyl (C=O) groups excluding carboxylic acids is 2. The lowest BCUT2D eigenvalue weighted by Crippen LogP contribution is -2.29. The number of halogens is 2. The van der Waals surface area contributed by atoms with E-state index in [0.29, 0.717) is 47.6 Å². The Bertz CT molecular complexity index is 2660. The fourth-order valence-corrected chi connectivity index (χ4v) is 8.66. The van der Waals surface area contributed by atoms with Crippen molar-refractivity contribution in [2.45, 2.75) is 123 Å². The highest BCUT2D eigenvalue weighted by Crippen LogP contribution is 2.30. The molecule has 0 aromatic carbocycles. The van der Waals surface area contributed by atoms with Gasteiger partial charge in [-0.25, -0.2) is 39.9 Å². The van der Waals surface area contributed by atoms with Crippen molar-refractivity contribution in [3.05, 3.63) is 82.7 Å². The monoisotopic (exact) mass is 1160 g/mol. The van der Waals surface area contributed by atoms with E-state index < -0.39 is 5.60 Å². The summed E-state index contributed by atoms with van der Waals surface area (Å²) in [6, 6.07) is 12.9. The number of esters is 2. The topological polar surface area (TPSA) is 222 Å². The molecule has 0 saturated heterocycles. The van der Waals surface area contributed by atoms with Crippen LogP contribution in [-0.4, -0.2) is 108 Å². The van der Waals surface area contributed by atoms with Crippen LogP contribution in [0.25, 0.3) is 21.8 Å². The number of anilines is 4. The third kappa shape index (κ3) is 18.4. The Morgan fingerprint density at radius 1 is 0.597 bits per heavy atom. The Morgan fingerprint density at radius 3 is 1.40 bits per heavy atom.